The fraction of sp³-hybridized carbons (Fsp3) is 0.143. The zero-order valence-electron chi connectivity index (χ0n) is 10.4. The van der Waals surface area contributed by atoms with Crippen molar-refractivity contribution in [3.8, 4) is 5.75 Å². The van der Waals surface area contributed by atoms with Gasteiger partial charge in [0, 0.05) is 23.0 Å². The number of hydrogen-bond donors (Lipinski definition) is 0. The van der Waals surface area contributed by atoms with Crippen molar-refractivity contribution in [1.82, 2.24) is 0 Å². The van der Waals surface area contributed by atoms with Crippen LogP contribution in [-0.2, 0) is 11.9 Å². The fourth-order valence-electron chi connectivity index (χ4n) is 1.74. The van der Waals surface area contributed by atoms with Gasteiger partial charge in [0.15, 0.2) is 11.6 Å². The van der Waals surface area contributed by atoms with Crippen LogP contribution in [0.1, 0.15) is 11.1 Å². The fourth-order valence-corrected chi connectivity index (χ4v) is 2.18. The number of hydrogen-bond acceptors (Lipinski definition) is 3. The van der Waals surface area contributed by atoms with Crippen LogP contribution in [-0.4, -0.2) is 4.92 Å². The van der Waals surface area contributed by atoms with Crippen LogP contribution in [0.4, 0.5) is 10.1 Å². The van der Waals surface area contributed by atoms with E-state index < -0.39 is 10.7 Å². The first-order valence-electron chi connectivity index (χ1n) is 5.81. The quantitative estimate of drug-likeness (QED) is 0.465. The van der Waals surface area contributed by atoms with Crippen molar-refractivity contribution < 1.29 is 14.1 Å². The molecule has 0 amide bonds. The molecule has 104 valence electrons. The summed E-state index contributed by atoms with van der Waals surface area (Å²) in [4.78, 5) is 10.2. The standard InChI is InChI=1S/C14H11BrFNO3/c15-8-11-4-2-6-13(16)14(11)20-9-10-3-1-5-12(7-10)17(18)19/h1-7H,8-9H2. The van der Waals surface area contributed by atoms with Gasteiger partial charge in [0.25, 0.3) is 5.69 Å². The molecule has 2 rings (SSSR count). The summed E-state index contributed by atoms with van der Waals surface area (Å²) in [6.07, 6.45) is 0. The van der Waals surface area contributed by atoms with Crippen molar-refractivity contribution in [2.75, 3.05) is 0 Å². The third-order valence-electron chi connectivity index (χ3n) is 2.70. The molecule has 6 heteroatoms. The van der Waals surface area contributed by atoms with Crippen molar-refractivity contribution in [3.05, 3.63) is 69.5 Å². The van der Waals surface area contributed by atoms with Crippen LogP contribution in [0, 0.1) is 15.9 Å². The lowest BCUT2D eigenvalue weighted by atomic mass is 10.2. The second-order valence-electron chi connectivity index (χ2n) is 4.08. The summed E-state index contributed by atoms with van der Waals surface area (Å²) < 4.78 is 19.1. The van der Waals surface area contributed by atoms with Gasteiger partial charge in [-0.15, -0.1) is 0 Å². The van der Waals surface area contributed by atoms with Gasteiger partial charge in [0.1, 0.15) is 6.61 Å². The Hall–Kier alpha value is -1.95. The van der Waals surface area contributed by atoms with E-state index in [2.05, 4.69) is 15.9 Å². The summed E-state index contributed by atoms with van der Waals surface area (Å²) in [7, 11) is 0. The summed E-state index contributed by atoms with van der Waals surface area (Å²) >= 11 is 3.26. The number of nitro groups is 1. The highest BCUT2D eigenvalue weighted by atomic mass is 79.9. The van der Waals surface area contributed by atoms with E-state index in [0.717, 1.165) is 0 Å². The molecule has 0 heterocycles. The third-order valence-corrected chi connectivity index (χ3v) is 3.30. The molecule has 0 radical (unpaired) electrons. The van der Waals surface area contributed by atoms with E-state index in [-0.39, 0.29) is 18.0 Å². The first kappa shape index (κ1) is 14.5. The Kier molecular flexibility index (Phi) is 4.68. The molecule has 0 saturated carbocycles. The average molecular weight is 340 g/mol. The van der Waals surface area contributed by atoms with E-state index in [4.69, 9.17) is 4.74 Å². The summed E-state index contributed by atoms with van der Waals surface area (Å²) in [6, 6.07) is 10.7. The highest BCUT2D eigenvalue weighted by Gasteiger charge is 2.10. The molecule has 2 aromatic rings. The minimum absolute atomic E-state index is 0.0136. The lowest BCUT2D eigenvalue weighted by molar-refractivity contribution is -0.384. The molecule has 20 heavy (non-hydrogen) atoms. The van der Waals surface area contributed by atoms with Crippen LogP contribution in [0.25, 0.3) is 0 Å². The van der Waals surface area contributed by atoms with Gasteiger partial charge in [-0.1, -0.05) is 40.2 Å². The van der Waals surface area contributed by atoms with Gasteiger partial charge in [-0.05, 0) is 11.6 Å². The molecule has 0 fully saturated rings. The van der Waals surface area contributed by atoms with Crippen LogP contribution < -0.4 is 4.74 Å². The highest BCUT2D eigenvalue weighted by molar-refractivity contribution is 9.08. The van der Waals surface area contributed by atoms with Crippen LogP contribution >= 0.6 is 15.9 Å². The molecular formula is C14H11BrFNO3. The molecule has 0 aliphatic rings. The van der Waals surface area contributed by atoms with Crippen LogP contribution in [0.3, 0.4) is 0 Å². The lowest BCUT2D eigenvalue weighted by Crippen LogP contribution is -2.01. The number of nitro benzene ring substituents is 1. The number of nitrogens with zero attached hydrogens (tertiary/aromatic N) is 1. The Bertz CT molecular complexity index is 634. The Balaban J connectivity index is 2.17. The zero-order valence-corrected chi connectivity index (χ0v) is 12.0. The normalized spacial score (nSPS) is 10.3. The van der Waals surface area contributed by atoms with Gasteiger partial charge in [-0.25, -0.2) is 4.39 Å². The van der Waals surface area contributed by atoms with Crippen LogP contribution in [0.2, 0.25) is 0 Å². The minimum Gasteiger partial charge on any atom is -0.486 e. The summed E-state index contributed by atoms with van der Waals surface area (Å²) in [5, 5.41) is 11.1. The predicted octanol–water partition coefficient (Wildman–Crippen LogP) is 4.21. The van der Waals surface area contributed by atoms with Gasteiger partial charge in [-0.3, -0.25) is 10.1 Å². The van der Waals surface area contributed by atoms with Crippen molar-refractivity contribution in [3.63, 3.8) is 0 Å². The molecular weight excluding hydrogens is 329 g/mol. The lowest BCUT2D eigenvalue weighted by Gasteiger charge is -2.10. The number of alkyl halides is 1. The first-order chi connectivity index (χ1) is 9.61. The third kappa shape index (κ3) is 3.33. The topological polar surface area (TPSA) is 52.4 Å². The molecule has 0 spiro atoms. The molecule has 0 N–H and O–H groups in total. The zero-order chi connectivity index (χ0) is 14.5. The summed E-state index contributed by atoms with van der Waals surface area (Å²) in [5.41, 5.74) is 1.29. The SMILES string of the molecule is O=[N+]([O-])c1cccc(COc2c(F)cccc2CBr)c1. The molecule has 0 aliphatic carbocycles. The largest absolute Gasteiger partial charge is 0.486 e. The number of non-ortho nitro benzene ring substituents is 1. The molecule has 4 nitrogen and oxygen atoms in total. The summed E-state index contributed by atoms with van der Waals surface area (Å²) in [5.74, 6) is -0.289. The molecule has 0 aliphatic heterocycles. The Labute approximate surface area is 123 Å². The Morgan fingerprint density at radius 1 is 1.25 bits per heavy atom. The van der Waals surface area contributed by atoms with Crippen LogP contribution in [0.5, 0.6) is 5.75 Å². The van der Waals surface area contributed by atoms with Gasteiger partial charge in [0.05, 0.1) is 4.92 Å². The van der Waals surface area contributed by atoms with E-state index in [1.807, 2.05) is 0 Å². The van der Waals surface area contributed by atoms with E-state index >= 15 is 0 Å². The van der Waals surface area contributed by atoms with Crippen molar-refractivity contribution in [1.29, 1.82) is 0 Å². The molecule has 0 saturated heterocycles. The van der Waals surface area contributed by atoms with Gasteiger partial charge >= 0.3 is 0 Å². The van der Waals surface area contributed by atoms with Gasteiger partial charge in [-0.2, -0.15) is 0 Å². The summed E-state index contributed by atoms with van der Waals surface area (Å²) in [6.45, 7) is 0.0720. The van der Waals surface area contributed by atoms with E-state index in [9.17, 15) is 14.5 Å². The molecule has 0 aromatic heterocycles. The number of halogens is 2. The average Bonchev–Trinajstić information content (AvgIpc) is 2.46. The van der Waals surface area contributed by atoms with Gasteiger partial charge < -0.3 is 4.74 Å². The van der Waals surface area contributed by atoms with E-state index in [1.165, 1.54) is 18.2 Å². The van der Waals surface area contributed by atoms with Gasteiger partial charge in [0.2, 0.25) is 0 Å². The molecule has 0 bridgehead atoms. The van der Waals surface area contributed by atoms with Crippen LogP contribution in [0.15, 0.2) is 42.5 Å². The highest BCUT2D eigenvalue weighted by Crippen LogP contribution is 2.26. The minimum atomic E-state index is -0.476. The van der Waals surface area contributed by atoms with Crippen molar-refractivity contribution >= 4 is 21.6 Å². The first-order valence-corrected chi connectivity index (χ1v) is 6.93. The second-order valence-corrected chi connectivity index (χ2v) is 4.64. The maximum Gasteiger partial charge on any atom is 0.269 e. The Morgan fingerprint density at radius 2 is 2.00 bits per heavy atom. The maximum atomic E-state index is 13.7. The number of ether oxygens (including phenoxy) is 1. The Morgan fingerprint density at radius 3 is 2.70 bits per heavy atom. The smallest absolute Gasteiger partial charge is 0.269 e. The van der Waals surface area contributed by atoms with E-state index in [1.54, 1.807) is 24.3 Å². The molecule has 0 atom stereocenters. The molecule has 2 aromatic carbocycles. The van der Waals surface area contributed by atoms with Crippen molar-refractivity contribution in [2.24, 2.45) is 0 Å². The van der Waals surface area contributed by atoms with Crippen molar-refractivity contribution in [2.45, 2.75) is 11.9 Å². The van der Waals surface area contributed by atoms with E-state index in [0.29, 0.717) is 16.5 Å². The number of benzene rings is 2. The predicted molar refractivity (Wildman–Crippen MR) is 76.5 cm³/mol. The number of para-hydroxylation sites is 1. The number of rotatable bonds is 5. The molecule has 0 unspecified atom stereocenters. The monoisotopic (exact) mass is 339 g/mol. The second kappa shape index (κ2) is 6.47. The maximum absolute atomic E-state index is 13.7.